The Labute approximate surface area is 118 Å². The van der Waals surface area contributed by atoms with Crippen LogP contribution < -0.4 is 5.32 Å². The maximum Gasteiger partial charge on any atom is 0.321 e. The first-order valence-electron chi connectivity index (χ1n) is 6.99. The summed E-state index contributed by atoms with van der Waals surface area (Å²) < 4.78 is 1.79. The van der Waals surface area contributed by atoms with Gasteiger partial charge in [0.25, 0.3) is 0 Å². The van der Waals surface area contributed by atoms with E-state index < -0.39 is 0 Å². The van der Waals surface area contributed by atoms with Gasteiger partial charge in [0.15, 0.2) is 0 Å². The van der Waals surface area contributed by atoms with Crippen LogP contribution in [0.15, 0.2) is 42.7 Å². The Kier molecular flexibility index (Phi) is 3.67. The number of hydrogen-bond acceptors (Lipinski definition) is 2. The summed E-state index contributed by atoms with van der Waals surface area (Å²) in [7, 11) is 0. The van der Waals surface area contributed by atoms with Gasteiger partial charge in [0.2, 0.25) is 0 Å². The summed E-state index contributed by atoms with van der Waals surface area (Å²) in [5.74, 6) is 0. The van der Waals surface area contributed by atoms with E-state index in [1.807, 2.05) is 41.4 Å². The lowest BCUT2D eigenvalue weighted by Crippen LogP contribution is -2.38. The van der Waals surface area contributed by atoms with E-state index >= 15 is 0 Å². The Morgan fingerprint density at radius 1 is 1.10 bits per heavy atom. The van der Waals surface area contributed by atoms with Crippen LogP contribution in [0.25, 0.3) is 5.69 Å². The number of hydrogen-bond donors (Lipinski definition) is 1. The van der Waals surface area contributed by atoms with E-state index in [-0.39, 0.29) is 6.03 Å². The number of carbonyl (C=O) groups is 1. The van der Waals surface area contributed by atoms with E-state index in [0.717, 1.165) is 37.3 Å². The molecule has 2 heterocycles. The van der Waals surface area contributed by atoms with Crippen molar-refractivity contribution in [3.63, 3.8) is 0 Å². The number of aromatic nitrogens is 2. The van der Waals surface area contributed by atoms with Gasteiger partial charge in [-0.05, 0) is 49.6 Å². The summed E-state index contributed by atoms with van der Waals surface area (Å²) in [5.41, 5.74) is 1.79. The zero-order valence-corrected chi connectivity index (χ0v) is 11.3. The molecule has 1 aliphatic rings. The van der Waals surface area contributed by atoms with Gasteiger partial charge in [0, 0.05) is 31.2 Å². The summed E-state index contributed by atoms with van der Waals surface area (Å²) in [4.78, 5) is 14.0. The topological polar surface area (TPSA) is 50.2 Å². The maximum atomic E-state index is 12.1. The van der Waals surface area contributed by atoms with Gasteiger partial charge in [-0.15, -0.1) is 0 Å². The lowest BCUT2D eigenvalue weighted by atomic mass is 10.1. The molecule has 1 N–H and O–H groups in total. The first-order chi connectivity index (χ1) is 9.83. The fourth-order valence-electron chi connectivity index (χ4n) is 2.42. The Balaban J connectivity index is 1.64. The number of nitrogens with one attached hydrogen (secondary N) is 1. The number of urea groups is 1. The Hall–Kier alpha value is -2.30. The maximum absolute atomic E-state index is 12.1. The van der Waals surface area contributed by atoms with Crippen molar-refractivity contribution in [2.24, 2.45) is 0 Å². The molecule has 20 heavy (non-hydrogen) atoms. The highest BCUT2D eigenvalue weighted by Gasteiger charge is 2.16. The molecule has 0 unspecified atom stereocenters. The van der Waals surface area contributed by atoms with Gasteiger partial charge >= 0.3 is 6.03 Å². The van der Waals surface area contributed by atoms with Crippen LogP contribution in [0.2, 0.25) is 0 Å². The molecule has 2 aromatic rings. The molecule has 2 amide bonds. The molecule has 0 spiro atoms. The standard InChI is InChI=1S/C15H18N4O/c20-15(18-10-2-1-3-11-18)17-13-5-7-14(8-6-13)19-12-4-9-16-19/h4-9,12H,1-3,10-11H2,(H,17,20). The summed E-state index contributed by atoms with van der Waals surface area (Å²) in [6.45, 7) is 1.72. The molecule has 1 aromatic heterocycles. The van der Waals surface area contributed by atoms with E-state index in [4.69, 9.17) is 0 Å². The van der Waals surface area contributed by atoms with Crippen molar-refractivity contribution in [1.82, 2.24) is 14.7 Å². The van der Waals surface area contributed by atoms with Crippen molar-refractivity contribution in [1.29, 1.82) is 0 Å². The summed E-state index contributed by atoms with van der Waals surface area (Å²) in [5, 5.41) is 7.11. The Bertz CT molecular complexity index is 556. The SMILES string of the molecule is O=C(Nc1ccc(-n2cccn2)cc1)N1CCCCC1. The van der Waals surface area contributed by atoms with E-state index in [1.165, 1.54) is 6.42 Å². The van der Waals surface area contributed by atoms with Crippen LogP contribution in [0.5, 0.6) is 0 Å². The Morgan fingerprint density at radius 3 is 2.50 bits per heavy atom. The number of rotatable bonds is 2. The first-order valence-corrected chi connectivity index (χ1v) is 6.99. The van der Waals surface area contributed by atoms with Gasteiger partial charge in [-0.25, -0.2) is 9.48 Å². The molecule has 5 heteroatoms. The van der Waals surface area contributed by atoms with Crippen LogP contribution in [0, 0.1) is 0 Å². The normalized spacial score (nSPS) is 15.1. The van der Waals surface area contributed by atoms with E-state index in [0.29, 0.717) is 0 Å². The van der Waals surface area contributed by atoms with Crippen molar-refractivity contribution in [3.05, 3.63) is 42.7 Å². The molecule has 5 nitrogen and oxygen atoms in total. The molecule has 0 saturated carbocycles. The van der Waals surface area contributed by atoms with Crippen molar-refractivity contribution >= 4 is 11.7 Å². The lowest BCUT2D eigenvalue weighted by molar-refractivity contribution is 0.200. The Morgan fingerprint density at radius 2 is 1.85 bits per heavy atom. The number of anilines is 1. The van der Waals surface area contributed by atoms with Gasteiger partial charge in [-0.1, -0.05) is 0 Å². The number of benzene rings is 1. The van der Waals surface area contributed by atoms with Crippen molar-refractivity contribution in [2.75, 3.05) is 18.4 Å². The van der Waals surface area contributed by atoms with Crippen molar-refractivity contribution in [2.45, 2.75) is 19.3 Å². The third kappa shape index (κ3) is 2.82. The second-order valence-electron chi connectivity index (χ2n) is 4.98. The minimum absolute atomic E-state index is 0.00320. The molecule has 1 aliphatic heterocycles. The van der Waals surface area contributed by atoms with Crippen LogP contribution in [0.4, 0.5) is 10.5 Å². The minimum atomic E-state index is -0.00320. The average molecular weight is 270 g/mol. The molecular weight excluding hydrogens is 252 g/mol. The number of likely N-dealkylation sites (tertiary alicyclic amines) is 1. The highest BCUT2D eigenvalue weighted by molar-refractivity contribution is 5.89. The summed E-state index contributed by atoms with van der Waals surface area (Å²) in [6, 6.07) is 9.57. The fraction of sp³-hybridized carbons (Fsp3) is 0.333. The molecule has 0 bridgehead atoms. The zero-order chi connectivity index (χ0) is 13.8. The van der Waals surface area contributed by atoms with Crippen LogP contribution in [-0.4, -0.2) is 33.8 Å². The van der Waals surface area contributed by atoms with Crippen molar-refractivity contribution in [3.8, 4) is 5.69 Å². The number of nitrogens with zero attached hydrogens (tertiary/aromatic N) is 3. The average Bonchev–Trinajstić information content (AvgIpc) is 3.03. The quantitative estimate of drug-likeness (QED) is 0.912. The largest absolute Gasteiger partial charge is 0.325 e. The van der Waals surface area contributed by atoms with Crippen molar-refractivity contribution < 1.29 is 4.79 Å². The van der Waals surface area contributed by atoms with Gasteiger partial charge < -0.3 is 10.2 Å². The molecule has 104 valence electrons. The lowest BCUT2D eigenvalue weighted by Gasteiger charge is -2.26. The molecule has 3 rings (SSSR count). The third-order valence-corrected chi connectivity index (χ3v) is 3.53. The molecule has 0 radical (unpaired) electrons. The van der Waals surface area contributed by atoms with Crippen LogP contribution >= 0.6 is 0 Å². The molecule has 0 aliphatic carbocycles. The highest BCUT2D eigenvalue weighted by atomic mass is 16.2. The monoisotopic (exact) mass is 270 g/mol. The first kappa shape index (κ1) is 12.7. The smallest absolute Gasteiger partial charge is 0.321 e. The molecule has 1 saturated heterocycles. The van der Waals surface area contributed by atoms with Gasteiger partial charge in [-0.2, -0.15) is 5.10 Å². The van der Waals surface area contributed by atoms with Crippen LogP contribution in [0.3, 0.4) is 0 Å². The fourth-order valence-corrected chi connectivity index (χ4v) is 2.42. The number of piperidine rings is 1. The zero-order valence-electron chi connectivity index (χ0n) is 11.3. The summed E-state index contributed by atoms with van der Waals surface area (Å²) in [6.07, 6.45) is 7.06. The van der Waals surface area contributed by atoms with Gasteiger partial charge in [0.1, 0.15) is 0 Å². The van der Waals surface area contributed by atoms with E-state index in [2.05, 4.69) is 10.4 Å². The highest BCUT2D eigenvalue weighted by Crippen LogP contribution is 2.15. The predicted molar refractivity (Wildman–Crippen MR) is 78.0 cm³/mol. The molecule has 0 atom stereocenters. The second-order valence-corrected chi connectivity index (χ2v) is 4.98. The van der Waals surface area contributed by atoms with E-state index in [1.54, 1.807) is 10.9 Å². The van der Waals surface area contributed by atoms with E-state index in [9.17, 15) is 4.79 Å². The molecule has 1 fully saturated rings. The van der Waals surface area contributed by atoms with Gasteiger partial charge in [-0.3, -0.25) is 0 Å². The predicted octanol–water partition coefficient (Wildman–Crippen LogP) is 2.89. The number of amides is 2. The third-order valence-electron chi connectivity index (χ3n) is 3.53. The number of carbonyl (C=O) groups excluding carboxylic acids is 1. The van der Waals surface area contributed by atoms with Gasteiger partial charge in [0.05, 0.1) is 5.69 Å². The second kappa shape index (κ2) is 5.77. The summed E-state index contributed by atoms with van der Waals surface area (Å²) >= 11 is 0. The van der Waals surface area contributed by atoms with Crippen LogP contribution in [-0.2, 0) is 0 Å². The molecular formula is C15H18N4O. The van der Waals surface area contributed by atoms with Crippen LogP contribution in [0.1, 0.15) is 19.3 Å². The molecule has 1 aromatic carbocycles. The minimum Gasteiger partial charge on any atom is -0.325 e.